The standard InChI is InChI=1S/C45H94N2O16/c1-9-17-48-25-27-52-37-42(54-31-29-50-19-11-3)33-46(34-43(55-32-30-51-20-12-4)38-53-28-26-49-18-10-2)41-47(35-44(62-58-23-15-7)39-60-56-21-13-5)36-45(63-59-24-16-8)40-61-57-22-14-6/h42-45H,9-41H2,1-8H3. The van der Waals surface area contributed by atoms with Gasteiger partial charge in [-0.15, -0.1) is 0 Å². The largest absolute Gasteiger partial charge is 0.379 e. The van der Waals surface area contributed by atoms with Crippen LogP contribution >= 0.6 is 0 Å². The maximum atomic E-state index is 6.49. The molecule has 380 valence electrons. The predicted octanol–water partition coefficient (Wildman–Crippen LogP) is 6.23. The van der Waals surface area contributed by atoms with E-state index in [0.717, 1.165) is 51.4 Å². The fourth-order valence-electron chi connectivity index (χ4n) is 5.53. The van der Waals surface area contributed by atoms with Gasteiger partial charge in [-0.25, -0.2) is 39.1 Å². The molecule has 0 aliphatic rings. The highest BCUT2D eigenvalue weighted by molar-refractivity contribution is 4.76. The van der Waals surface area contributed by atoms with Crippen LogP contribution in [0.25, 0.3) is 0 Å². The number of hydrogen-bond donors (Lipinski definition) is 0. The number of ether oxygens (including phenoxy) is 8. The van der Waals surface area contributed by atoms with Crippen LogP contribution in [-0.2, 0) is 77.0 Å². The molecule has 18 nitrogen and oxygen atoms in total. The second-order valence-corrected chi connectivity index (χ2v) is 15.1. The Morgan fingerprint density at radius 3 is 0.921 bits per heavy atom. The molecule has 0 heterocycles. The lowest BCUT2D eigenvalue weighted by Crippen LogP contribution is -2.52. The molecule has 0 aliphatic carbocycles. The molecular formula is C45H94N2O16. The highest BCUT2D eigenvalue weighted by atomic mass is 17.2. The minimum atomic E-state index is -0.534. The van der Waals surface area contributed by atoms with Crippen molar-refractivity contribution in [2.45, 2.75) is 131 Å². The lowest BCUT2D eigenvalue weighted by molar-refractivity contribution is -0.374. The lowest BCUT2D eigenvalue weighted by Gasteiger charge is -2.37. The molecular weight excluding hydrogens is 824 g/mol. The molecule has 4 unspecified atom stereocenters. The first kappa shape index (κ1) is 62.3. The number of nitrogens with zero attached hydrogens (tertiary/aromatic N) is 2. The third-order valence-electron chi connectivity index (χ3n) is 8.39. The van der Waals surface area contributed by atoms with Gasteiger partial charge < -0.3 is 37.9 Å². The summed E-state index contributed by atoms with van der Waals surface area (Å²) in [5, 5.41) is 0. The van der Waals surface area contributed by atoms with E-state index in [1.807, 2.05) is 27.7 Å². The smallest absolute Gasteiger partial charge is 0.132 e. The van der Waals surface area contributed by atoms with E-state index in [9.17, 15) is 0 Å². The molecule has 0 amide bonds. The summed E-state index contributed by atoms with van der Waals surface area (Å²) in [6.45, 7) is 27.6. The van der Waals surface area contributed by atoms with Crippen LogP contribution < -0.4 is 0 Å². The van der Waals surface area contributed by atoms with E-state index in [1.165, 1.54) is 0 Å². The third kappa shape index (κ3) is 42.4. The van der Waals surface area contributed by atoms with Crippen molar-refractivity contribution in [1.29, 1.82) is 0 Å². The second-order valence-electron chi connectivity index (χ2n) is 15.1. The summed E-state index contributed by atoms with van der Waals surface area (Å²) in [6.07, 6.45) is 5.22. The molecule has 63 heavy (non-hydrogen) atoms. The molecule has 0 spiro atoms. The van der Waals surface area contributed by atoms with Gasteiger partial charge in [0.25, 0.3) is 0 Å². The fourth-order valence-corrected chi connectivity index (χ4v) is 5.53. The average molecular weight is 919 g/mol. The zero-order chi connectivity index (χ0) is 46.1. The number of rotatable bonds is 54. The lowest BCUT2D eigenvalue weighted by atomic mass is 10.2. The van der Waals surface area contributed by atoms with Gasteiger partial charge in [0.05, 0.1) is 111 Å². The maximum Gasteiger partial charge on any atom is 0.132 e. The first-order valence-electron chi connectivity index (χ1n) is 24.2. The number of hydrogen-bond acceptors (Lipinski definition) is 18. The van der Waals surface area contributed by atoms with E-state index in [4.69, 9.17) is 77.0 Å². The molecule has 0 radical (unpaired) electrons. The van der Waals surface area contributed by atoms with Crippen molar-refractivity contribution in [3.8, 4) is 0 Å². The summed E-state index contributed by atoms with van der Waals surface area (Å²) >= 11 is 0. The molecule has 0 saturated heterocycles. The topological polar surface area (TPSA) is 154 Å². The van der Waals surface area contributed by atoms with Crippen LogP contribution in [0.1, 0.15) is 107 Å². The van der Waals surface area contributed by atoms with Crippen molar-refractivity contribution in [3.63, 3.8) is 0 Å². The Labute approximate surface area is 382 Å². The van der Waals surface area contributed by atoms with Gasteiger partial charge in [-0.2, -0.15) is 0 Å². The SMILES string of the molecule is CCCOCCOCC(CN(CC(COCCOCCC)OCCOCCC)CN(CC(COOCCC)OOCCC)CC(COOCCC)OOCCC)OCCOCCC. The molecule has 0 aromatic rings. The monoisotopic (exact) mass is 919 g/mol. The van der Waals surface area contributed by atoms with Crippen molar-refractivity contribution in [1.82, 2.24) is 9.80 Å². The van der Waals surface area contributed by atoms with Crippen LogP contribution in [0.2, 0.25) is 0 Å². The van der Waals surface area contributed by atoms with Crippen molar-refractivity contribution < 1.29 is 77.0 Å². The molecule has 0 fully saturated rings. The first-order valence-corrected chi connectivity index (χ1v) is 24.2. The van der Waals surface area contributed by atoms with Crippen molar-refractivity contribution in [3.05, 3.63) is 0 Å². The summed E-state index contributed by atoms with van der Waals surface area (Å²) in [6, 6.07) is 0. The molecule has 18 heteroatoms. The molecule has 4 atom stereocenters. The zero-order valence-corrected chi connectivity index (χ0v) is 41.1. The van der Waals surface area contributed by atoms with Crippen LogP contribution in [-0.4, -0.2) is 199 Å². The van der Waals surface area contributed by atoms with Gasteiger partial charge in [-0.05, 0) is 51.4 Å². The quantitative estimate of drug-likeness (QED) is 0.0293. The Morgan fingerprint density at radius 1 is 0.270 bits per heavy atom. The summed E-state index contributed by atoms with van der Waals surface area (Å²) in [5.74, 6) is 0. The summed E-state index contributed by atoms with van der Waals surface area (Å²) in [4.78, 5) is 49.7. The van der Waals surface area contributed by atoms with E-state index in [1.54, 1.807) is 0 Å². The minimum absolute atomic E-state index is 0.128. The van der Waals surface area contributed by atoms with Crippen molar-refractivity contribution in [2.75, 3.05) is 165 Å². The van der Waals surface area contributed by atoms with Crippen LogP contribution in [0.3, 0.4) is 0 Å². The molecule has 0 N–H and O–H groups in total. The Balaban J connectivity index is 6.89. The van der Waals surface area contributed by atoms with Gasteiger partial charge in [-0.3, -0.25) is 9.80 Å². The Kier molecular flexibility index (Phi) is 50.1. The summed E-state index contributed by atoms with van der Waals surface area (Å²) < 4.78 is 48.3. The van der Waals surface area contributed by atoms with Crippen LogP contribution in [0.15, 0.2) is 0 Å². The molecule has 0 aromatic carbocycles. The fraction of sp³-hybridized carbons (Fsp3) is 1.00. The zero-order valence-electron chi connectivity index (χ0n) is 41.1. The predicted molar refractivity (Wildman–Crippen MR) is 240 cm³/mol. The van der Waals surface area contributed by atoms with E-state index in [0.29, 0.717) is 152 Å². The molecule has 0 rings (SSSR count). The average Bonchev–Trinajstić information content (AvgIpc) is 3.28. The first-order chi connectivity index (χ1) is 31.0. The van der Waals surface area contributed by atoms with E-state index in [-0.39, 0.29) is 25.4 Å². The third-order valence-corrected chi connectivity index (χ3v) is 8.39. The van der Waals surface area contributed by atoms with Gasteiger partial charge in [0.1, 0.15) is 25.4 Å². The van der Waals surface area contributed by atoms with Crippen molar-refractivity contribution in [2.24, 2.45) is 0 Å². The van der Waals surface area contributed by atoms with E-state index in [2.05, 4.69) is 37.5 Å². The van der Waals surface area contributed by atoms with E-state index >= 15 is 0 Å². The normalized spacial score (nSPS) is 14.0. The Hall–Kier alpha value is -0.720. The highest BCUT2D eigenvalue weighted by Crippen LogP contribution is 2.12. The van der Waals surface area contributed by atoms with Gasteiger partial charge in [-0.1, -0.05) is 55.4 Å². The Morgan fingerprint density at radius 2 is 0.571 bits per heavy atom. The van der Waals surface area contributed by atoms with Gasteiger partial charge in [0.2, 0.25) is 0 Å². The Bertz CT molecular complexity index is 812. The molecule has 0 bridgehead atoms. The molecule has 0 saturated carbocycles. The molecule has 0 aromatic heterocycles. The second kappa shape index (κ2) is 50.7. The van der Waals surface area contributed by atoms with Crippen LogP contribution in [0, 0.1) is 0 Å². The van der Waals surface area contributed by atoms with Crippen LogP contribution in [0.4, 0.5) is 0 Å². The summed E-state index contributed by atoms with van der Waals surface area (Å²) in [5.41, 5.74) is 0. The van der Waals surface area contributed by atoms with Crippen molar-refractivity contribution >= 4 is 0 Å². The highest BCUT2D eigenvalue weighted by Gasteiger charge is 2.27. The van der Waals surface area contributed by atoms with Gasteiger partial charge in [0, 0.05) is 52.6 Å². The van der Waals surface area contributed by atoms with Gasteiger partial charge >= 0.3 is 0 Å². The van der Waals surface area contributed by atoms with Crippen LogP contribution in [0.5, 0.6) is 0 Å². The van der Waals surface area contributed by atoms with Gasteiger partial charge in [0.15, 0.2) is 0 Å². The maximum absolute atomic E-state index is 6.49. The minimum Gasteiger partial charge on any atom is -0.379 e. The van der Waals surface area contributed by atoms with E-state index < -0.39 is 12.2 Å². The summed E-state index contributed by atoms with van der Waals surface area (Å²) in [7, 11) is 0. The molecule has 0 aliphatic heterocycles.